The van der Waals surface area contributed by atoms with E-state index in [2.05, 4.69) is 97.7 Å². The van der Waals surface area contributed by atoms with Gasteiger partial charge in [0.25, 0.3) is 0 Å². The Balaban J connectivity index is 1.39. The van der Waals surface area contributed by atoms with Gasteiger partial charge in [0.2, 0.25) is 5.91 Å². The molecular formula is C31H36N2O2S. The smallest absolute Gasteiger partial charge is 0.238 e. The molecule has 188 valence electrons. The van der Waals surface area contributed by atoms with Crippen LogP contribution >= 0.6 is 11.8 Å². The number of carbonyl (C=O) groups excluding carboxylic acids is 1. The first-order chi connectivity index (χ1) is 17.3. The van der Waals surface area contributed by atoms with Crippen molar-refractivity contribution >= 4 is 17.7 Å². The number of fused-ring (bicyclic) bond motifs is 1. The van der Waals surface area contributed by atoms with Gasteiger partial charge in [-0.3, -0.25) is 10.1 Å². The van der Waals surface area contributed by atoms with Crippen LogP contribution in [-0.4, -0.2) is 29.3 Å². The van der Waals surface area contributed by atoms with Gasteiger partial charge in [0.15, 0.2) is 0 Å². The van der Waals surface area contributed by atoms with E-state index in [0.717, 1.165) is 30.6 Å². The van der Waals surface area contributed by atoms with Crippen molar-refractivity contribution in [1.29, 1.82) is 0 Å². The predicted octanol–water partition coefficient (Wildman–Crippen LogP) is 6.49. The molecule has 0 saturated carbocycles. The molecule has 3 atom stereocenters. The Morgan fingerprint density at radius 1 is 1.03 bits per heavy atom. The van der Waals surface area contributed by atoms with Crippen molar-refractivity contribution in [2.24, 2.45) is 0 Å². The molecule has 1 fully saturated rings. The molecule has 0 spiro atoms. The number of likely N-dealkylation sites (tertiary alicyclic amines) is 1. The van der Waals surface area contributed by atoms with E-state index in [-0.39, 0.29) is 28.8 Å². The zero-order valence-corrected chi connectivity index (χ0v) is 22.5. The molecule has 0 bridgehead atoms. The molecule has 0 aliphatic carbocycles. The number of rotatable bonds is 6. The number of amides is 1. The molecule has 3 aromatic rings. The summed E-state index contributed by atoms with van der Waals surface area (Å²) in [4.78, 5) is 17.4. The van der Waals surface area contributed by atoms with E-state index in [1.54, 1.807) is 18.9 Å². The van der Waals surface area contributed by atoms with Crippen LogP contribution in [0.3, 0.4) is 0 Å². The van der Waals surface area contributed by atoms with Crippen LogP contribution in [0.25, 0.3) is 0 Å². The Hall–Kier alpha value is -2.76. The Kier molecular flexibility index (Phi) is 7.14. The minimum Gasteiger partial charge on any atom is -0.496 e. The summed E-state index contributed by atoms with van der Waals surface area (Å²) in [6.45, 7) is 7.34. The van der Waals surface area contributed by atoms with Gasteiger partial charge in [-0.2, -0.15) is 0 Å². The van der Waals surface area contributed by atoms with E-state index < -0.39 is 0 Å². The summed E-state index contributed by atoms with van der Waals surface area (Å²) in [5, 5.41) is 3.67. The lowest BCUT2D eigenvalue weighted by atomic mass is 9.86. The number of thioether (sulfide) groups is 1. The number of hydrogen-bond donors (Lipinski definition) is 1. The lowest BCUT2D eigenvalue weighted by molar-refractivity contribution is -0.134. The van der Waals surface area contributed by atoms with Gasteiger partial charge in [0, 0.05) is 17.0 Å². The fraction of sp³-hybridized carbons (Fsp3) is 0.387. The van der Waals surface area contributed by atoms with E-state index in [1.165, 1.54) is 21.6 Å². The fourth-order valence-corrected chi connectivity index (χ4v) is 6.67. The lowest BCUT2D eigenvalue weighted by Gasteiger charge is -2.33. The van der Waals surface area contributed by atoms with Crippen LogP contribution in [0.15, 0.2) is 77.7 Å². The van der Waals surface area contributed by atoms with Crippen molar-refractivity contribution < 1.29 is 9.53 Å². The standard InChI is InChI=1S/C31H36N2O2S/c1-31(2,3)24-14-16-26(35-4)23(18-24)20-32-29-17-15-25(21-10-6-5-7-11-21)33(29)30(34)28-19-22-12-8-9-13-27(22)36-28/h5-14,16,18,25,28-29,32H,15,17,19-20H2,1-4H3. The summed E-state index contributed by atoms with van der Waals surface area (Å²) in [5.74, 6) is 1.11. The summed E-state index contributed by atoms with van der Waals surface area (Å²) >= 11 is 1.72. The van der Waals surface area contributed by atoms with Gasteiger partial charge in [0.1, 0.15) is 5.75 Å². The maximum absolute atomic E-state index is 14.1. The molecule has 1 saturated heterocycles. The van der Waals surface area contributed by atoms with Crippen molar-refractivity contribution in [2.75, 3.05) is 7.11 Å². The van der Waals surface area contributed by atoms with Gasteiger partial charge >= 0.3 is 0 Å². The zero-order chi connectivity index (χ0) is 25.3. The minimum atomic E-state index is -0.0743. The Bertz CT molecular complexity index is 1200. The minimum absolute atomic E-state index is 0.0185. The Morgan fingerprint density at radius 2 is 1.78 bits per heavy atom. The van der Waals surface area contributed by atoms with Crippen LogP contribution in [0.4, 0.5) is 0 Å². The Labute approximate surface area is 219 Å². The van der Waals surface area contributed by atoms with Crippen molar-refractivity contribution in [1.82, 2.24) is 10.2 Å². The van der Waals surface area contributed by atoms with Gasteiger partial charge in [-0.05, 0) is 53.5 Å². The highest BCUT2D eigenvalue weighted by Gasteiger charge is 2.42. The monoisotopic (exact) mass is 500 g/mol. The summed E-state index contributed by atoms with van der Waals surface area (Å²) in [6.07, 6.45) is 2.66. The topological polar surface area (TPSA) is 41.6 Å². The third-order valence-corrected chi connectivity index (χ3v) is 8.73. The highest BCUT2D eigenvalue weighted by atomic mass is 32.2. The van der Waals surface area contributed by atoms with Crippen molar-refractivity contribution in [3.8, 4) is 5.75 Å². The van der Waals surface area contributed by atoms with Crippen LogP contribution in [0.1, 0.15) is 61.9 Å². The molecule has 5 heteroatoms. The van der Waals surface area contributed by atoms with Crippen LogP contribution < -0.4 is 10.1 Å². The molecule has 0 aromatic heterocycles. The van der Waals surface area contributed by atoms with E-state index in [9.17, 15) is 4.79 Å². The number of nitrogens with zero attached hydrogens (tertiary/aromatic N) is 1. The predicted molar refractivity (Wildman–Crippen MR) is 147 cm³/mol. The molecule has 1 N–H and O–H groups in total. The maximum Gasteiger partial charge on any atom is 0.238 e. The number of hydrogen-bond acceptors (Lipinski definition) is 4. The molecule has 36 heavy (non-hydrogen) atoms. The number of nitrogens with one attached hydrogen (secondary N) is 1. The summed E-state index contributed by atoms with van der Waals surface area (Å²) in [6, 6.07) is 25.4. The fourth-order valence-electron chi connectivity index (χ4n) is 5.42. The SMILES string of the molecule is COc1ccc(C(C)(C)C)cc1CNC1CCC(c2ccccc2)N1C(=O)C1Cc2ccccc2S1. The molecule has 4 nitrogen and oxygen atoms in total. The highest BCUT2D eigenvalue weighted by Crippen LogP contribution is 2.42. The number of carbonyl (C=O) groups is 1. The molecule has 3 aromatic carbocycles. The van der Waals surface area contributed by atoms with E-state index >= 15 is 0 Å². The average Bonchev–Trinajstić information content (AvgIpc) is 3.51. The average molecular weight is 501 g/mol. The van der Waals surface area contributed by atoms with Gasteiger partial charge in [0.05, 0.1) is 24.6 Å². The first-order valence-electron chi connectivity index (χ1n) is 12.9. The molecule has 0 radical (unpaired) electrons. The van der Waals surface area contributed by atoms with Crippen molar-refractivity contribution in [3.05, 3.63) is 95.1 Å². The maximum atomic E-state index is 14.1. The molecule has 5 rings (SSSR count). The van der Waals surface area contributed by atoms with Gasteiger partial charge < -0.3 is 9.64 Å². The summed E-state index contributed by atoms with van der Waals surface area (Å²) < 4.78 is 5.69. The Morgan fingerprint density at radius 3 is 2.50 bits per heavy atom. The number of benzene rings is 3. The number of ether oxygens (including phenoxy) is 1. The second kappa shape index (κ2) is 10.3. The quantitative estimate of drug-likeness (QED) is 0.420. The third kappa shape index (κ3) is 5.05. The van der Waals surface area contributed by atoms with Crippen molar-refractivity contribution in [3.63, 3.8) is 0 Å². The first kappa shape index (κ1) is 24.9. The van der Waals surface area contributed by atoms with E-state index in [1.807, 2.05) is 6.07 Å². The molecule has 2 aliphatic heterocycles. The van der Waals surface area contributed by atoms with Crippen LogP contribution in [0.2, 0.25) is 0 Å². The normalized spacial score (nSPS) is 21.4. The van der Waals surface area contributed by atoms with Gasteiger partial charge in [-0.15, -0.1) is 11.8 Å². The van der Waals surface area contributed by atoms with Crippen LogP contribution in [-0.2, 0) is 23.2 Å². The molecule has 2 heterocycles. The van der Waals surface area contributed by atoms with Crippen LogP contribution in [0, 0.1) is 0 Å². The number of methoxy groups -OCH3 is 1. The summed E-state index contributed by atoms with van der Waals surface area (Å²) in [7, 11) is 1.72. The third-order valence-electron chi connectivity index (χ3n) is 7.42. The molecule has 3 unspecified atom stereocenters. The van der Waals surface area contributed by atoms with Gasteiger partial charge in [-0.1, -0.05) is 81.4 Å². The molecular weight excluding hydrogens is 464 g/mol. The summed E-state index contributed by atoms with van der Waals surface area (Å²) in [5.41, 5.74) is 4.96. The highest BCUT2D eigenvalue weighted by molar-refractivity contribution is 8.01. The van der Waals surface area contributed by atoms with Gasteiger partial charge in [-0.25, -0.2) is 0 Å². The second-order valence-corrected chi connectivity index (χ2v) is 12.1. The van der Waals surface area contributed by atoms with E-state index in [4.69, 9.17) is 4.74 Å². The van der Waals surface area contributed by atoms with Crippen LogP contribution in [0.5, 0.6) is 5.75 Å². The zero-order valence-electron chi connectivity index (χ0n) is 21.7. The lowest BCUT2D eigenvalue weighted by Crippen LogP contribution is -2.48. The second-order valence-electron chi connectivity index (χ2n) is 10.8. The first-order valence-corrected chi connectivity index (χ1v) is 13.8. The van der Waals surface area contributed by atoms with Crippen molar-refractivity contribution in [2.45, 2.75) is 74.3 Å². The molecule has 1 amide bonds. The van der Waals surface area contributed by atoms with E-state index in [0.29, 0.717) is 6.54 Å². The molecule has 2 aliphatic rings. The largest absolute Gasteiger partial charge is 0.496 e.